The van der Waals surface area contributed by atoms with Crippen molar-refractivity contribution in [2.75, 3.05) is 13.1 Å². The second kappa shape index (κ2) is 30.0. The molecule has 0 aliphatic rings. The Morgan fingerprint density at radius 1 is 0.583 bits per heavy atom. The van der Waals surface area contributed by atoms with E-state index in [1.165, 1.54) is 12.8 Å². The minimum atomic E-state index is 0. The van der Waals surface area contributed by atoms with Crippen molar-refractivity contribution in [3.63, 3.8) is 0 Å². The molecule has 0 amide bonds. The molecule has 0 rings (SSSR count). The molecule has 0 unspecified atom stereocenters. The molecule has 0 spiro atoms. The third kappa shape index (κ3) is 31.3. The van der Waals surface area contributed by atoms with Gasteiger partial charge in [-0.05, 0) is 25.9 Å². The molecular formula is C6H25N5Pt. The van der Waals surface area contributed by atoms with E-state index in [0.29, 0.717) is 0 Å². The summed E-state index contributed by atoms with van der Waals surface area (Å²) in [5.41, 5.74) is 10.6. The minimum absolute atomic E-state index is 0. The van der Waals surface area contributed by atoms with Crippen LogP contribution in [0.4, 0.5) is 0 Å². The predicted molar refractivity (Wildman–Crippen MR) is 51.6 cm³/mol. The summed E-state index contributed by atoms with van der Waals surface area (Å²) in [7, 11) is 0. The van der Waals surface area contributed by atoms with Crippen LogP contribution in [0.3, 0.4) is 0 Å². The Labute approximate surface area is 90.0 Å². The normalized spacial score (nSPS) is 6.50. The molecular weight excluding hydrogens is 337 g/mol. The van der Waals surface area contributed by atoms with Crippen LogP contribution < -0.4 is 29.9 Å². The van der Waals surface area contributed by atoms with Crippen LogP contribution in [0.15, 0.2) is 0 Å². The number of unbranched alkanes of at least 4 members (excludes halogenated alkanes) is 3. The summed E-state index contributed by atoms with van der Waals surface area (Å²) in [6.45, 7) is 1.65. The van der Waals surface area contributed by atoms with Crippen molar-refractivity contribution >= 4 is 0 Å². The van der Waals surface area contributed by atoms with Gasteiger partial charge in [0.05, 0.1) is 0 Å². The Morgan fingerprint density at radius 2 is 0.833 bits per heavy atom. The van der Waals surface area contributed by atoms with Crippen LogP contribution >= 0.6 is 0 Å². The third-order valence-electron chi connectivity index (χ3n) is 1.16. The summed E-state index contributed by atoms with van der Waals surface area (Å²) < 4.78 is 0. The molecule has 0 aliphatic carbocycles. The van der Waals surface area contributed by atoms with Crippen molar-refractivity contribution < 1.29 is 21.1 Å². The van der Waals surface area contributed by atoms with Crippen LogP contribution in [0.1, 0.15) is 25.7 Å². The first-order valence-electron chi connectivity index (χ1n) is 3.32. The molecule has 0 saturated heterocycles. The zero-order chi connectivity index (χ0) is 6.24. The van der Waals surface area contributed by atoms with E-state index < -0.39 is 0 Å². The number of hydrogen-bond donors (Lipinski definition) is 5. The molecule has 0 aromatic heterocycles. The number of hydrogen-bond acceptors (Lipinski definition) is 5. The molecule has 0 saturated carbocycles. The van der Waals surface area contributed by atoms with Gasteiger partial charge in [-0.25, -0.2) is 0 Å². The molecule has 0 aromatic rings. The van der Waals surface area contributed by atoms with E-state index in [1.54, 1.807) is 0 Å². The Balaban J connectivity index is -0.0000000408. The molecule has 6 heteroatoms. The predicted octanol–water partition coefficient (Wildman–Crippen LogP) is 0.948. The molecule has 0 aliphatic heterocycles. The van der Waals surface area contributed by atoms with Gasteiger partial charge in [0.1, 0.15) is 0 Å². The Kier molecular flexibility index (Phi) is 73.5. The second-order valence-corrected chi connectivity index (χ2v) is 1.99. The first-order valence-corrected chi connectivity index (χ1v) is 3.32. The second-order valence-electron chi connectivity index (χ2n) is 1.99. The fourth-order valence-electron chi connectivity index (χ4n) is 0.642. The fourth-order valence-corrected chi connectivity index (χ4v) is 0.642. The van der Waals surface area contributed by atoms with Gasteiger partial charge in [-0.15, -0.1) is 0 Å². The fraction of sp³-hybridized carbons (Fsp3) is 1.00. The zero-order valence-corrected chi connectivity index (χ0v) is 10.1. The Hall–Kier alpha value is 0.488. The molecule has 0 aromatic carbocycles. The molecule has 0 bridgehead atoms. The van der Waals surface area contributed by atoms with Gasteiger partial charge in [0.15, 0.2) is 0 Å². The minimum Gasteiger partial charge on any atom is -0.344 e. The monoisotopic (exact) mass is 362 g/mol. The van der Waals surface area contributed by atoms with Crippen molar-refractivity contribution in [1.29, 1.82) is 0 Å². The maximum absolute atomic E-state index is 5.28. The van der Waals surface area contributed by atoms with E-state index in [4.69, 9.17) is 11.5 Å². The average molecular weight is 362 g/mol. The molecule has 0 fully saturated rings. The smallest absolute Gasteiger partial charge is 0 e. The van der Waals surface area contributed by atoms with Gasteiger partial charge in [0.2, 0.25) is 0 Å². The van der Waals surface area contributed by atoms with Crippen LogP contribution in [0.25, 0.3) is 0 Å². The largest absolute Gasteiger partial charge is 0.344 e. The van der Waals surface area contributed by atoms with Crippen LogP contribution in [-0.2, 0) is 21.1 Å². The summed E-state index contributed by atoms with van der Waals surface area (Å²) in [5.74, 6) is 0. The summed E-state index contributed by atoms with van der Waals surface area (Å²) in [6, 6.07) is 0. The molecule has 0 atom stereocenters. The van der Waals surface area contributed by atoms with Gasteiger partial charge in [0.25, 0.3) is 0 Å². The van der Waals surface area contributed by atoms with Crippen LogP contribution in [0.2, 0.25) is 0 Å². The van der Waals surface area contributed by atoms with Crippen LogP contribution in [0, 0.1) is 0 Å². The van der Waals surface area contributed by atoms with Crippen molar-refractivity contribution in [3.05, 3.63) is 0 Å². The SMILES string of the molecule is N.N.N.NCCCCCCN.[Pt]. The van der Waals surface area contributed by atoms with Gasteiger partial charge in [-0.3, -0.25) is 0 Å². The maximum atomic E-state index is 5.28. The molecule has 13 N–H and O–H groups in total. The number of nitrogens with two attached hydrogens (primary N) is 2. The number of rotatable bonds is 5. The van der Waals surface area contributed by atoms with Crippen molar-refractivity contribution in [3.8, 4) is 0 Å². The van der Waals surface area contributed by atoms with Gasteiger partial charge in [0, 0.05) is 21.1 Å². The standard InChI is InChI=1S/C6H16N2.3H3N.Pt/c7-5-3-1-2-4-6-8;;;;/h1-8H2;3*1H3;. The molecule has 0 heterocycles. The first kappa shape index (κ1) is 29.4. The van der Waals surface area contributed by atoms with Gasteiger partial charge in [-0.1, -0.05) is 12.8 Å². The first-order chi connectivity index (χ1) is 3.91. The summed E-state index contributed by atoms with van der Waals surface area (Å²) >= 11 is 0. The summed E-state index contributed by atoms with van der Waals surface area (Å²) in [6.07, 6.45) is 4.79. The van der Waals surface area contributed by atoms with Gasteiger partial charge in [-0.2, -0.15) is 0 Å². The molecule has 84 valence electrons. The third-order valence-corrected chi connectivity index (χ3v) is 1.16. The van der Waals surface area contributed by atoms with E-state index in [9.17, 15) is 0 Å². The molecule has 5 nitrogen and oxygen atoms in total. The zero-order valence-electron chi connectivity index (χ0n) is 7.83. The van der Waals surface area contributed by atoms with E-state index >= 15 is 0 Å². The van der Waals surface area contributed by atoms with E-state index in [-0.39, 0.29) is 39.5 Å². The van der Waals surface area contributed by atoms with E-state index in [0.717, 1.165) is 25.9 Å². The maximum Gasteiger partial charge on any atom is 0 e. The molecule has 12 heavy (non-hydrogen) atoms. The Bertz CT molecular complexity index is 40.9. The van der Waals surface area contributed by atoms with Crippen LogP contribution in [-0.4, -0.2) is 13.1 Å². The average Bonchev–Trinajstić information content (AvgIpc) is 1.81. The van der Waals surface area contributed by atoms with Crippen LogP contribution in [0.5, 0.6) is 0 Å². The summed E-state index contributed by atoms with van der Waals surface area (Å²) in [4.78, 5) is 0. The van der Waals surface area contributed by atoms with Gasteiger partial charge >= 0.3 is 0 Å². The van der Waals surface area contributed by atoms with E-state index in [1.807, 2.05) is 0 Å². The van der Waals surface area contributed by atoms with Crippen molar-refractivity contribution in [2.24, 2.45) is 11.5 Å². The quantitative estimate of drug-likeness (QED) is 0.460. The van der Waals surface area contributed by atoms with Gasteiger partial charge < -0.3 is 29.9 Å². The molecule has 0 radical (unpaired) electrons. The summed E-state index contributed by atoms with van der Waals surface area (Å²) in [5, 5.41) is 0. The topological polar surface area (TPSA) is 157 Å². The Morgan fingerprint density at radius 3 is 1.00 bits per heavy atom. The van der Waals surface area contributed by atoms with Crippen molar-refractivity contribution in [1.82, 2.24) is 18.5 Å². The van der Waals surface area contributed by atoms with E-state index in [2.05, 4.69) is 0 Å². The van der Waals surface area contributed by atoms with Crippen molar-refractivity contribution in [2.45, 2.75) is 25.7 Å².